The van der Waals surface area contributed by atoms with Crippen molar-refractivity contribution in [2.45, 2.75) is 49.8 Å². The molecule has 1 aromatic rings. The number of hydrogen-bond acceptors (Lipinski definition) is 3. The summed E-state index contributed by atoms with van der Waals surface area (Å²) >= 11 is 6.82. The SMILES string of the molecule is O=C(COC(=O)C12C[C@@H]3C[C@@H](CC(Cl)(C3)C1)C2)N1CC=C(c2ccccc2)CC1. The van der Waals surface area contributed by atoms with Crippen molar-refractivity contribution in [2.24, 2.45) is 17.3 Å². The molecule has 4 fully saturated rings. The average molecular weight is 414 g/mol. The standard InChI is InChI=1S/C24H28ClNO3/c25-24-13-17-10-18(14-24)12-23(11-17,16-24)22(28)29-15-21(27)26-8-6-20(7-9-26)19-4-2-1-3-5-19/h1-6,17-18H,7-16H2/t17-,18+,23?,24?. The van der Waals surface area contributed by atoms with Gasteiger partial charge in [0.2, 0.25) is 0 Å². The highest BCUT2D eigenvalue weighted by molar-refractivity contribution is 6.24. The molecule has 0 N–H and O–H groups in total. The third kappa shape index (κ3) is 3.61. The second kappa shape index (κ2) is 7.16. The Kier molecular flexibility index (Phi) is 4.73. The second-order valence-corrected chi connectivity index (χ2v) is 10.5. The van der Waals surface area contributed by atoms with Crippen molar-refractivity contribution in [1.29, 1.82) is 0 Å². The summed E-state index contributed by atoms with van der Waals surface area (Å²) in [4.78, 5) is 27.2. The highest BCUT2D eigenvalue weighted by Gasteiger charge is 2.60. The fourth-order valence-corrected chi connectivity index (χ4v) is 7.26. The van der Waals surface area contributed by atoms with Gasteiger partial charge in [0.05, 0.1) is 5.41 Å². The summed E-state index contributed by atoms with van der Waals surface area (Å²) < 4.78 is 5.59. The largest absolute Gasteiger partial charge is 0.455 e. The van der Waals surface area contributed by atoms with Crippen LogP contribution in [0.2, 0.25) is 0 Å². The molecule has 0 aromatic heterocycles. The Bertz CT molecular complexity index is 835. The minimum atomic E-state index is -0.450. The lowest BCUT2D eigenvalue weighted by Crippen LogP contribution is -2.56. The molecule has 6 rings (SSSR count). The van der Waals surface area contributed by atoms with E-state index in [1.165, 1.54) is 17.6 Å². The van der Waals surface area contributed by atoms with E-state index in [0.717, 1.165) is 32.1 Å². The van der Waals surface area contributed by atoms with Gasteiger partial charge in [0.25, 0.3) is 5.91 Å². The van der Waals surface area contributed by atoms with E-state index in [0.29, 0.717) is 31.3 Å². The molecule has 0 saturated heterocycles. The molecule has 0 radical (unpaired) electrons. The van der Waals surface area contributed by atoms with E-state index < -0.39 is 5.41 Å². The van der Waals surface area contributed by atoms with Crippen LogP contribution in [0.15, 0.2) is 36.4 Å². The summed E-state index contributed by atoms with van der Waals surface area (Å²) in [6.07, 6.45) is 8.68. The molecule has 5 aliphatic rings. The van der Waals surface area contributed by atoms with E-state index in [2.05, 4.69) is 18.2 Å². The number of carbonyl (C=O) groups excluding carboxylic acids is 2. The number of hydrogen-bond donors (Lipinski definition) is 0. The number of rotatable bonds is 4. The number of benzene rings is 1. The number of esters is 1. The van der Waals surface area contributed by atoms with Crippen LogP contribution in [0.1, 0.15) is 50.5 Å². The van der Waals surface area contributed by atoms with Gasteiger partial charge in [0, 0.05) is 18.0 Å². The summed E-state index contributed by atoms with van der Waals surface area (Å²) in [5.74, 6) is 0.788. The van der Waals surface area contributed by atoms with Crippen molar-refractivity contribution in [1.82, 2.24) is 4.90 Å². The van der Waals surface area contributed by atoms with Gasteiger partial charge < -0.3 is 9.64 Å². The molecule has 5 heteroatoms. The first-order valence-electron chi connectivity index (χ1n) is 10.8. The Balaban J connectivity index is 1.18. The molecule has 4 aliphatic carbocycles. The number of halogens is 1. The monoisotopic (exact) mass is 413 g/mol. The Hall–Kier alpha value is -1.81. The lowest BCUT2D eigenvalue weighted by molar-refractivity contribution is -0.173. The average Bonchev–Trinajstić information content (AvgIpc) is 2.70. The van der Waals surface area contributed by atoms with E-state index in [-0.39, 0.29) is 23.4 Å². The molecule has 4 atom stereocenters. The zero-order valence-electron chi connectivity index (χ0n) is 16.7. The van der Waals surface area contributed by atoms with Crippen LogP contribution in [-0.2, 0) is 14.3 Å². The Morgan fingerprint density at radius 3 is 2.45 bits per heavy atom. The predicted molar refractivity (Wildman–Crippen MR) is 112 cm³/mol. The first-order chi connectivity index (χ1) is 13.9. The minimum Gasteiger partial charge on any atom is -0.455 e. The van der Waals surface area contributed by atoms with E-state index in [4.69, 9.17) is 16.3 Å². The van der Waals surface area contributed by atoms with Gasteiger partial charge in [-0.2, -0.15) is 0 Å². The summed E-state index contributed by atoms with van der Waals surface area (Å²) in [6, 6.07) is 10.3. The van der Waals surface area contributed by atoms with Gasteiger partial charge in [-0.05, 0) is 67.9 Å². The van der Waals surface area contributed by atoms with Gasteiger partial charge in [-0.15, -0.1) is 11.6 Å². The molecule has 4 bridgehead atoms. The smallest absolute Gasteiger partial charge is 0.312 e. The zero-order valence-corrected chi connectivity index (χ0v) is 17.5. The van der Waals surface area contributed by atoms with E-state index in [9.17, 15) is 9.59 Å². The van der Waals surface area contributed by atoms with Crippen molar-refractivity contribution >= 4 is 29.1 Å². The van der Waals surface area contributed by atoms with Crippen LogP contribution < -0.4 is 0 Å². The highest BCUT2D eigenvalue weighted by atomic mass is 35.5. The van der Waals surface area contributed by atoms with Crippen LogP contribution in [0.5, 0.6) is 0 Å². The lowest BCUT2D eigenvalue weighted by Gasteiger charge is -2.58. The van der Waals surface area contributed by atoms with Gasteiger partial charge in [-0.3, -0.25) is 9.59 Å². The van der Waals surface area contributed by atoms with Gasteiger partial charge in [-0.25, -0.2) is 0 Å². The van der Waals surface area contributed by atoms with E-state index in [1.807, 2.05) is 18.2 Å². The maximum Gasteiger partial charge on any atom is 0.312 e. The second-order valence-electron chi connectivity index (χ2n) is 9.65. The number of alkyl halides is 1. The molecule has 1 amide bonds. The lowest BCUT2D eigenvalue weighted by atomic mass is 9.49. The summed E-state index contributed by atoms with van der Waals surface area (Å²) in [5.41, 5.74) is 2.03. The summed E-state index contributed by atoms with van der Waals surface area (Å²) in [5, 5.41) is 0. The first kappa shape index (κ1) is 19.2. The van der Waals surface area contributed by atoms with Crippen molar-refractivity contribution in [2.75, 3.05) is 19.7 Å². The van der Waals surface area contributed by atoms with E-state index >= 15 is 0 Å². The van der Waals surface area contributed by atoms with Crippen LogP contribution in [0, 0.1) is 17.3 Å². The quantitative estimate of drug-likeness (QED) is 0.542. The molecule has 4 nitrogen and oxygen atoms in total. The van der Waals surface area contributed by atoms with Gasteiger partial charge in [0.15, 0.2) is 6.61 Å². The van der Waals surface area contributed by atoms with E-state index in [1.54, 1.807) is 4.90 Å². The molecule has 29 heavy (non-hydrogen) atoms. The topological polar surface area (TPSA) is 46.6 Å². The molecule has 2 unspecified atom stereocenters. The first-order valence-corrected chi connectivity index (χ1v) is 11.2. The van der Waals surface area contributed by atoms with Crippen molar-refractivity contribution < 1.29 is 14.3 Å². The molecule has 154 valence electrons. The number of carbonyl (C=O) groups is 2. The van der Waals surface area contributed by atoms with Crippen molar-refractivity contribution in [3.8, 4) is 0 Å². The Morgan fingerprint density at radius 2 is 1.83 bits per heavy atom. The molecular formula is C24H28ClNO3. The van der Waals surface area contributed by atoms with Gasteiger partial charge in [-0.1, -0.05) is 36.4 Å². The Morgan fingerprint density at radius 1 is 1.10 bits per heavy atom. The van der Waals surface area contributed by atoms with Crippen molar-refractivity contribution in [3.63, 3.8) is 0 Å². The maximum absolute atomic E-state index is 13.0. The molecular weight excluding hydrogens is 386 g/mol. The molecule has 0 spiro atoms. The maximum atomic E-state index is 13.0. The molecule has 1 heterocycles. The third-order valence-electron chi connectivity index (χ3n) is 7.46. The predicted octanol–water partition coefficient (Wildman–Crippen LogP) is 4.42. The summed E-state index contributed by atoms with van der Waals surface area (Å²) in [6.45, 7) is 1.08. The molecule has 4 saturated carbocycles. The van der Waals surface area contributed by atoms with Crippen molar-refractivity contribution in [3.05, 3.63) is 42.0 Å². The fourth-order valence-electron chi connectivity index (χ4n) is 6.57. The minimum absolute atomic E-state index is 0.105. The van der Waals surface area contributed by atoms with Crippen LogP contribution >= 0.6 is 11.6 Å². The Labute approximate surface area is 177 Å². The highest BCUT2D eigenvalue weighted by Crippen LogP contribution is 2.64. The van der Waals surface area contributed by atoms with Crippen LogP contribution in [0.3, 0.4) is 0 Å². The summed E-state index contributed by atoms with van der Waals surface area (Å²) in [7, 11) is 0. The zero-order chi connectivity index (χ0) is 20.1. The van der Waals surface area contributed by atoms with Gasteiger partial charge in [0.1, 0.15) is 0 Å². The number of nitrogens with zero attached hydrogens (tertiary/aromatic N) is 1. The normalized spacial score (nSPS) is 35.3. The number of ether oxygens (including phenoxy) is 1. The third-order valence-corrected chi connectivity index (χ3v) is 7.90. The van der Waals surface area contributed by atoms with Crippen LogP contribution in [-0.4, -0.2) is 41.3 Å². The van der Waals surface area contributed by atoms with Gasteiger partial charge >= 0.3 is 5.97 Å². The molecule has 1 aromatic carbocycles. The van der Waals surface area contributed by atoms with Crippen LogP contribution in [0.25, 0.3) is 5.57 Å². The fraction of sp³-hybridized carbons (Fsp3) is 0.583. The number of amides is 1. The molecule has 1 aliphatic heterocycles. The van der Waals surface area contributed by atoms with Crippen LogP contribution in [0.4, 0.5) is 0 Å².